The van der Waals surface area contributed by atoms with Gasteiger partial charge in [0.1, 0.15) is 0 Å². The van der Waals surface area contributed by atoms with Gasteiger partial charge in [0.2, 0.25) is 0 Å². The van der Waals surface area contributed by atoms with Crippen LogP contribution in [0.3, 0.4) is 0 Å². The lowest BCUT2D eigenvalue weighted by molar-refractivity contribution is 0.138. The first-order chi connectivity index (χ1) is 7.22. The van der Waals surface area contributed by atoms with Gasteiger partial charge in [-0.05, 0) is 60.7 Å². The topological polar surface area (TPSA) is 0 Å². The van der Waals surface area contributed by atoms with E-state index in [4.69, 9.17) is 0 Å². The highest BCUT2D eigenvalue weighted by Crippen LogP contribution is 2.64. The first-order valence-electron chi connectivity index (χ1n) is 7.22. The van der Waals surface area contributed by atoms with E-state index in [1.54, 1.807) is 12.8 Å². The molecular formula is C15H26. The minimum absolute atomic E-state index is 1.04. The second-order valence-electron chi connectivity index (χ2n) is 6.79. The van der Waals surface area contributed by atoms with Crippen molar-refractivity contribution in [2.45, 2.75) is 52.9 Å². The molecule has 0 aliphatic heterocycles. The predicted molar refractivity (Wildman–Crippen MR) is 64.5 cm³/mol. The summed E-state index contributed by atoms with van der Waals surface area (Å²) in [5, 5.41) is 0. The summed E-state index contributed by atoms with van der Waals surface area (Å²) in [6.45, 7) is 7.42. The monoisotopic (exact) mass is 206 g/mol. The number of hydrogen-bond acceptors (Lipinski definition) is 0. The van der Waals surface area contributed by atoms with E-state index in [0.717, 1.165) is 41.4 Å². The summed E-state index contributed by atoms with van der Waals surface area (Å²) in [7, 11) is 0. The first-order valence-corrected chi connectivity index (χ1v) is 7.22. The van der Waals surface area contributed by atoms with Crippen LogP contribution in [0.25, 0.3) is 0 Å². The van der Waals surface area contributed by atoms with Crippen LogP contribution in [0.4, 0.5) is 0 Å². The summed E-state index contributed by atoms with van der Waals surface area (Å²) in [5.41, 5.74) is 0. The van der Waals surface area contributed by atoms with Crippen LogP contribution in [0, 0.1) is 41.4 Å². The summed E-state index contributed by atoms with van der Waals surface area (Å²) in [6, 6.07) is 0. The Bertz CT molecular complexity index is 242. The van der Waals surface area contributed by atoms with Gasteiger partial charge in [-0.1, -0.05) is 33.6 Å². The third kappa shape index (κ3) is 1.33. The lowest BCUT2D eigenvalue weighted by Crippen LogP contribution is -2.28. The van der Waals surface area contributed by atoms with E-state index in [-0.39, 0.29) is 0 Å². The smallest absolute Gasteiger partial charge is 0.0324 e. The molecule has 0 spiro atoms. The molecule has 0 N–H and O–H groups in total. The van der Waals surface area contributed by atoms with Crippen molar-refractivity contribution in [3.8, 4) is 0 Å². The van der Waals surface area contributed by atoms with Gasteiger partial charge in [0.15, 0.2) is 0 Å². The van der Waals surface area contributed by atoms with Gasteiger partial charge >= 0.3 is 0 Å². The van der Waals surface area contributed by atoms with Gasteiger partial charge in [-0.3, -0.25) is 0 Å². The Kier molecular flexibility index (Phi) is 2.37. The van der Waals surface area contributed by atoms with Crippen LogP contribution in [0.1, 0.15) is 52.9 Å². The summed E-state index contributed by atoms with van der Waals surface area (Å²) in [4.78, 5) is 0. The molecule has 86 valence electrons. The van der Waals surface area contributed by atoms with Crippen LogP contribution in [0.5, 0.6) is 0 Å². The second-order valence-corrected chi connectivity index (χ2v) is 6.79. The average Bonchev–Trinajstić information content (AvgIpc) is 2.80. The zero-order valence-corrected chi connectivity index (χ0v) is 10.6. The summed E-state index contributed by atoms with van der Waals surface area (Å²) < 4.78 is 0. The molecule has 3 saturated carbocycles. The van der Waals surface area contributed by atoms with E-state index in [1.165, 1.54) is 19.3 Å². The van der Waals surface area contributed by atoms with E-state index in [0.29, 0.717) is 0 Å². The normalized spacial score (nSPS) is 57.4. The lowest BCUT2D eigenvalue weighted by Gasteiger charge is -2.34. The number of fused-ring (bicyclic) bond motifs is 5. The fourth-order valence-electron chi connectivity index (χ4n) is 5.84. The third-order valence-electron chi connectivity index (χ3n) is 5.99. The van der Waals surface area contributed by atoms with Crippen LogP contribution in [0.15, 0.2) is 0 Å². The average molecular weight is 206 g/mol. The maximum Gasteiger partial charge on any atom is -0.0324 e. The molecule has 3 aliphatic carbocycles. The highest BCUT2D eigenvalue weighted by Gasteiger charge is 2.57. The van der Waals surface area contributed by atoms with E-state index >= 15 is 0 Å². The zero-order chi connectivity index (χ0) is 10.6. The molecule has 7 unspecified atom stereocenters. The van der Waals surface area contributed by atoms with Crippen molar-refractivity contribution in [3.05, 3.63) is 0 Å². The maximum atomic E-state index is 2.53. The molecule has 3 aliphatic rings. The zero-order valence-electron chi connectivity index (χ0n) is 10.6. The maximum absolute atomic E-state index is 2.53. The summed E-state index contributed by atoms with van der Waals surface area (Å²) in [5.74, 6) is 7.75. The van der Waals surface area contributed by atoms with E-state index < -0.39 is 0 Å². The molecule has 0 radical (unpaired) electrons. The van der Waals surface area contributed by atoms with Crippen molar-refractivity contribution in [2.24, 2.45) is 41.4 Å². The van der Waals surface area contributed by atoms with Gasteiger partial charge in [-0.25, -0.2) is 0 Å². The van der Waals surface area contributed by atoms with Gasteiger partial charge in [-0.15, -0.1) is 0 Å². The molecule has 2 bridgehead atoms. The van der Waals surface area contributed by atoms with Crippen LogP contribution in [-0.4, -0.2) is 0 Å². The molecule has 0 aromatic heterocycles. The SMILES string of the molecule is CCCC1CC2CC1C1C(C)CC(C)C21. The Morgan fingerprint density at radius 3 is 2.40 bits per heavy atom. The van der Waals surface area contributed by atoms with Crippen molar-refractivity contribution in [3.63, 3.8) is 0 Å². The molecule has 0 saturated heterocycles. The minimum atomic E-state index is 1.04. The fourth-order valence-corrected chi connectivity index (χ4v) is 5.84. The highest BCUT2D eigenvalue weighted by molar-refractivity contribution is 5.06. The summed E-state index contributed by atoms with van der Waals surface area (Å²) >= 11 is 0. The molecule has 15 heavy (non-hydrogen) atoms. The van der Waals surface area contributed by atoms with Gasteiger partial charge in [0, 0.05) is 0 Å². The van der Waals surface area contributed by atoms with Crippen molar-refractivity contribution in [1.82, 2.24) is 0 Å². The second kappa shape index (κ2) is 3.50. The van der Waals surface area contributed by atoms with Gasteiger partial charge in [0.25, 0.3) is 0 Å². The van der Waals surface area contributed by atoms with E-state index in [9.17, 15) is 0 Å². The van der Waals surface area contributed by atoms with Gasteiger partial charge in [0.05, 0.1) is 0 Å². The van der Waals surface area contributed by atoms with Gasteiger partial charge in [-0.2, -0.15) is 0 Å². The Morgan fingerprint density at radius 2 is 1.67 bits per heavy atom. The van der Waals surface area contributed by atoms with Crippen LogP contribution in [0.2, 0.25) is 0 Å². The highest BCUT2D eigenvalue weighted by atomic mass is 14.6. The van der Waals surface area contributed by atoms with Crippen LogP contribution < -0.4 is 0 Å². The minimum Gasteiger partial charge on any atom is -0.0654 e. The van der Waals surface area contributed by atoms with Crippen LogP contribution in [-0.2, 0) is 0 Å². The van der Waals surface area contributed by atoms with Crippen molar-refractivity contribution in [2.75, 3.05) is 0 Å². The molecule has 0 nitrogen and oxygen atoms in total. The number of hydrogen-bond donors (Lipinski definition) is 0. The largest absolute Gasteiger partial charge is 0.0654 e. The third-order valence-corrected chi connectivity index (χ3v) is 5.99. The fraction of sp³-hybridized carbons (Fsp3) is 1.00. The Morgan fingerprint density at radius 1 is 0.933 bits per heavy atom. The molecule has 0 heterocycles. The van der Waals surface area contributed by atoms with Crippen molar-refractivity contribution >= 4 is 0 Å². The Hall–Kier alpha value is 0. The molecule has 0 aromatic carbocycles. The molecule has 0 heteroatoms. The van der Waals surface area contributed by atoms with Crippen LogP contribution >= 0.6 is 0 Å². The Balaban J connectivity index is 1.80. The predicted octanol–water partition coefficient (Wildman–Crippen LogP) is 4.35. The van der Waals surface area contributed by atoms with Gasteiger partial charge < -0.3 is 0 Å². The molecular weight excluding hydrogens is 180 g/mol. The molecule has 3 rings (SSSR count). The van der Waals surface area contributed by atoms with E-state index in [1.807, 2.05) is 0 Å². The molecule has 7 atom stereocenters. The number of rotatable bonds is 2. The Labute approximate surface area is 94.8 Å². The quantitative estimate of drug-likeness (QED) is 0.630. The van der Waals surface area contributed by atoms with E-state index in [2.05, 4.69) is 20.8 Å². The first kappa shape index (κ1) is 10.2. The molecule has 3 fully saturated rings. The standard InChI is InChI=1S/C15H26/c1-4-5-11-7-12-8-13(11)15-10(3)6-9(2)14(12)15/h9-15H,4-8H2,1-3H3. The van der Waals surface area contributed by atoms with Crippen molar-refractivity contribution < 1.29 is 0 Å². The molecule has 0 aromatic rings. The van der Waals surface area contributed by atoms with Crippen molar-refractivity contribution in [1.29, 1.82) is 0 Å². The molecule has 0 amide bonds. The lowest BCUT2D eigenvalue weighted by atomic mass is 9.71. The summed E-state index contributed by atoms with van der Waals surface area (Å²) in [6.07, 6.45) is 7.66.